The van der Waals surface area contributed by atoms with Crippen LogP contribution in [-0.2, 0) is 19.0 Å². The fourth-order valence-electron chi connectivity index (χ4n) is 0.669. The molecule has 0 aromatic rings. The van der Waals surface area contributed by atoms with E-state index in [9.17, 15) is 14.4 Å². The minimum atomic E-state index is -1.17. The Morgan fingerprint density at radius 3 is 2.12 bits per heavy atom. The summed E-state index contributed by atoms with van der Waals surface area (Å²) < 4.78 is 13.2. The van der Waals surface area contributed by atoms with Gasteiger partial charge in [-0.2, -0.15) is 0 Å². The zero-order chi connectivity index (χ0) is 13.6. The van der Waals surface area contributed by atoms with Crippen molar-refractivity contribution >= 4 is 18.2 Å². The van der Waals surface area contributed by atoms with E-state index in [2.05, 4.69) is 16.1 Å². The van der Waals surface area contributed by atoms with E-state index in [4.69, 9.17) is 4.74 Å². The fourth-order valence-corrected chi connectivity index (χ4v) is 0.669. The average Bonchev–Trinajstić information content (AvgIpc) is 2.12. The largest absolute Gasteiger partial charge is 0.517 e. The van der Waals surface area contributed by atoms with Crippen LogP contribution in [0.25, 0.3) is 0 Å². The van der Waals surface area contributed by atoms with Gasteiger partial charge in [-0.25, -0.2) is 14.4 Å². The van der Waals surface area contributed by atoms with E-state index in [-0.39, 0.29) is 5.70 Å². The van der Waals surface area contributed by atoms with Gasteiger partial charge in [0.15, 0.2) is 0 Å². The molecule has 96 valence electrons. The van der Waals surface area contributed by atoms with E-state index in [1.807, 2.05) is 5.32 Å². The molecule has 0 atom stereocenters. The lowest BCUT2D eigenvalue weighted by atomic mass is 10.2. The van der Waals surface area contributed by atoms with Crippen LogP contribution in [0.15, 0.2) is 12.3 Å². The average molecular weight is 245 g/mol. The van der Waals surface area contributed by atoms with Gasteiger partial charge >= 0.3 is 18.2 Å². The number of amides is 1. The Morgan fingerprint density at radius 1 is 1.18 bits per heavy atom. The van der Waals surface area contributed by atoms with Gasteiger partial charge in [0.2, 0.25) is 0 Å². The number of methoxy groups -OCH3 is 1. The standard InChI is InChI=1S/C10H15NO6/c1-6(7(12)15-5)11-8(13)16-9(14)17-10(2,3)4/h1H2,2-5H3,(H,11,13). The molecule has 0 rings (SSSR count). The molecule has 0 unspecified atom stereocenters. The van der Waals surface area contributed by atoms with Crippen LogP contribution in [0.1, 0.15) is 20.8 Å². The highest BCUT2D eigenvalue weighted by Crippen LogP contribution is 2.08. The first-order valence-corrected chi connectivity index (χ1v) is 4.64. The summed E-state index contributed by atoms with van der Waals surface area (Å²) in [6, 6.07) is 0. The highest BCUT2D eigenvalue weighted by molar-refractivity contribution is 5.93. The number of carbonyl (C=O) groups excluding carboxylic acids is 3. The molecule has 0 aliphatic heterocycles. The second-order valence-corrected chi connectivity index (χ2v) is 3.95. The molecule has 0 aliphatic carbocycles. The fraction of sp³-hybridized carbons (Fsp3) is 0.500. The Labute approximate surface area is 98.7 Å². The summed E-state index contributed by atoms with van der Waals surface area (Å²) in [6.45, 7) is 8.04. The molecule has 7 nitrogen and oxygen atoms in total. The van der Waals surface area contributed by atoms with Gasteiger partial charge < -0.3 is 14.2 Å². The smallest absolute Gasteiger partial charge is 0.464 e. The Balaban J connectivity index is 4.16. The van der Waals surface area contributed by atoms with Crippen LogP contribution in [0.2, 0.25) is 0 Å². The quantitative estimate of drug-likeness (QED) is 0.448. The first-order valence-electron chi connectivity index (χ1n) is 4.64. The van der Waals surface area contributed by atoms with E-state index < -0.39 is 23.8 Å². The Hall–Kier alpha value is -2.05. The van der Waals surface area contributed by atoms with E-state index in [0.717, 1.165) is 7.11 Å². The van der Waals surface area contributed by atoms with Crippen LogP contribution in [-0.4, -0.2) is 30.9 Å². The zero-order valence-electron chi connectivity index (χ0n) is 10.2. The monoisotopic (exact) mass is 245 g/mol. The van der Waals surface area contributed by atoms with Gasteiger partial charge in [0.25, 0.3) is 0 Å². The van der Waals surface area contributed by atoms with Crippen LogP contribution in [0.3, 0.4) is 0 Å². The van der Waals surface area contributed by atoms with E-state index in [1.54, 1.807) is 20.8 Å². The van der Waals surface area contributed by atoms with Gasteiger partial charge in [-0.1, -0.05) is 6.58 Å². The van der Waals surface area contributed by atoms with Gasteiger partial charge in [-0.3, -0.25) is 5.32 Å². The zero-order valence-corrected chi connectivity index (χ0v) is 10.2. The van der Waals surface area contributed by atoms with Crippen molar-refractivity contribution in [3.63, 3.8) is 0 Å². The molecule has 0 aromatic carbocycles. The second-order valence-electron chi connectivity index (χ2n) is 3.95. The molecule has 1 amide bonds. The molecule has 0 aliphatic rings. The predicted octanol–water partition coefficient (Wildman–Crippen LogP) is 1.33. The lowest BCUT2D eigenvalue weighted by Gasteiger charge is -2.18. The predicted molar refractivity (Wildman–Crippen MR) is 57.0 cm³/mol. The number of esters is 1. The molecule has 17 heavy (non-hydrogen) atoms. The molecule has 0 aromatic heterocycles. The summed E-state index contributed by atoms with van der Waals surface area (Å²) in [5.41, 5.74) is -1.13. The lowest BCUT2D eigenvalue weighted by molar-refractivity contribution is -0.136. The van der Waals surface area contributed by atoms with Crippen LogP contribution in [0, 0.1) is 0 Å². The van der Waals surface area contributed by atoms with Gasteiger partial charge in [-0.05, 0) is 20.8 Å². The Bertz CT molecular complexity index is 341. The molecule has 0 fully saturated rings. The van der Waals surface area contributed by atoms with Crippen molar-refractivity contribution in [1.82, 2.24) is 5.32 Å². The third-order valence-corrected chi connectivity index (χ3v) is 1.25. The first kappa shape index (κ1) is 14.9. The molecule has 0 saturated heterocycles. The lowest BCUT2D eigenvalue weighted by Crippen LogP contribution is -2.32. The maximum absolute atomic E-state index is 11.1. The summed E-state index contributed by atoms with van der Waals surface area (Å²) in [6.07, 6.45) is -2.35. The van der Waals surface area contributed by atoms with Crippen molar-refractivity contribution < 1.29 is 28.6 Å². The molecule has 0 radical (unpaired) electrons. The van der Waals surface area contributed by atoms with E-state index >= 15 is 0 Å². The Morgan fingerprint density at radius 2 is 1.71 bits per heavy atom. The minimum Gasteiger partial charge on any atom is -0.464 e. The summed E-state index contributed by atoms with van der Waals surface area (Å²) >= 11 is 0. The van der Waals surface area contributed by atoms with E-state index in [0.29, 0.717) is 0 Å². The number of hydrogen-bond acceptors (Lipinski definition) is 6. The van der Waals surface area contributed by atoms with Crippen LogP contribution < -0.4 is 5.32 Å². The van der Waals surface area contributed by atoms with Crippen molar-refractivity contribution in [3.05, 3.63) is 12.3 Å². The van der Waals surface area contributed by atoms with Crippen LogP contribution >= 0.6 is 0 Å². The molecule has 0 spiro atoms. The highest BCUT2D eigenvalue weighted by Gasteiger charge is 2.21. The topological polar surface area (TPSA) is 90.9 Å². The summed E-state index contributed by atoms with van der Waals surface area (Å²) in [4.78, 5) is 33.0. The summed E-state index contributed by atoms with van der Waals surface area (Å²) in [7, 11) is 1.12. The third-order valence-electron chi connectivity index (χ3n) is 1.25. The number of carbonyl (C=O) groups is 3. The highest BCUT2D eigenvalue weighted by atomic mass is 16.8. The molecular formula is C10H15NO6. The second kappa shape index (κ2) is 5.88. The number of ether oxygens (including phenoxy) is 3. The molecule has 0 bridgehead atoms. The first-order chi connectivity index (χ1) is 7.65. The Kier molecular flexibility index (Phi) is 5.17. The van der Waals surface area contributed by atoms with Gasteiger partial charge in [-0.15, -0.1) is 0 Å². The van der Waals surface area contributed by atoms with E-state index in [1.165, 1.54) is 0 Å². The maximum Gasteiger partial charge on any atom is 0.517 e. The van der Waals surface area contributed by atoms with Crippen molar-refractivity contribution in [2.75, 3.05) is 7.11 Å². The normalized spacial score (nSPS) is 10.1. The van der Waals surface area contributed by atoms with Crippen molar-refractivity contribution in [1.29, 1.82) is 0 Å². The summed E-state index contributed by atoms with van der Waals surface area (Å²) in [5, 5.41) is 1.92. The van der Waals surface area contributed by atoms with Crippen LogP contribution in [0.5, 0.6) is 0 Å². The van der Waals surface area contributed by atoms with Gasteiger partial charge in [0.05, 0.1) is 7.11 Å². The summed E-state index contributed by atoms with van der Waals surface area (Å²) in [5.74, 6) is -0.842. The van der Waals surface area contributed by atoms with Crippen molar-refractivity contribution in [3.8, 4) is 0 Å². The molecule has 0 heterocycles. The molecule has 0 saturated carbocycles. The maximum atomic E-state index is 11.1. The third kappa shape index (κ3) is 6.93. The van der Waals surface area contributed by atoms with Crippen molar-refractivity contribution in [2.45, 2.75) is 26.4 Å². The minimum absolute atomic E-state index is 0.346. The number of rotatable bonds is 2. The number of nitrogens with one attached hydrogen (secondary N) is 1. The number of hydrogen-bond donors (Lipinski definition) is 1. The van der Waals surface area contributed by atoms with Gasteiger partial charge in [0, 0.05) is 0 Å². The van der Waals surface area contributed by atoms with Crippen molar-refractivity contribution in [2.24, 2.45) is 0 Å². The molecule has 7 heteroatoms. The molecule has 1 N–H and O–H groups in total. The van der Waals surface area contributed by atoms with Crippen LogP contribution in [0.4, 0.5) is 9.59 Å². The number of alkyl carbamates (subject to hydrolysis) is 1. The van der Waals surface area contributed by atoms with Gasteiger partial charge in [0.1, 0.15) is 11.3 Å². The SMILES string of the molecule is C=C(NC(=O)OC(=O)OC(C)(C)C)C(=O)OC. The molecular weight excluding hydrogens is 230 g/mol.